The molecule has 0 aliphatic rings. The summed E-state index contributed by atoms with van der Waals surface area (Å²) in [6.07, 6.45) is 5.07. The predicted molar refractivity (Wildman–Crippen MR) is 145 cm³/mol. The van der Waals surface area contributed by atoms with Crippen LogP contribution in [0.15, 0.2) is 87.3 Å². The van der Waals surface area contributed by atoms with Gasteiger partial charge in [-0.25, -0.2) is 4.98 Å². The number of hydrogen-bond donors (Lipinski definition) is 0. The van der Waals surface area contributed by atoms with E-state index in [-0.39, 0.29) is 11.2 Å². The van der Waals surface area contributed by atoms with Crippen molar-refractivity contribution in [2.75, 3.05) is 0 Å². The highest BCUT2D eigenvalue weighted by Crippen LogP contribution is 2.23. The third kappa shape index (κ3) is 4.57. The maximum Gasteiger partial charge on any atom is 0.282 e. The molecule has 5 aromatic rings. The number of nitro benzene ring substituents is 1. The number of nitrogens with zero attached hydrogens (tertiary/aromatic N) is 5. The molecule has 5 rings (SSSR count). The Morgan fingerprint density at radius 3 is 2.72 bits per heavy atom. The molecular weight excluding hydrogens is 522 g/mol. The first-order chi connectivity index (χ1) is 17.4. The van der Waals surface area contributed by atoms with Gasteiger partial charge in [0.1, 0.15) is 5.82 Å². The van der Waals surface area contributed by atoms with E-state index >= 15 is 0 Å². The number of para-hydroxylation sites is 1. The number of benzene rings is 3. The molecule has 0 saturated heterocycles. The largest absolute Gasteiger partial charge is 0.342 e. The van der Waals surface area contributed by atoms with E-state index < -0.39 is 4.92 Å². The molecule has 0 spiro atoms. The fourth-order valence-electron chi connectivity index (χ4n) is 4.29. The Morgan fingerprint density at radius 1 is 1.08 bits per heavy atom. The second-order valence-corrected chi connectivity index (χ2v) is 9.37. The zero-order chi connectivity index (χ0) is 25.2. The summed E-state index contributed by atoms with van der Waals surface area (Å²) in [6, 6.07) is 20.0. The Kier molecular flexibility index (Phi) is 6.47. The number of rotatable bonds is 7. The minimum absolute atomic E-state index is 0.0593. The summed E-state index contributed by atoms with van der Waals surface area (Å²) in [4.78, 5) is 28.8. The molecule has 180 valence electrons. The van der Waals surface area contributed by atoms with Gasteiger partial charge in [-0.15, -0.1) is 0 Å². The summed E-state index contributed by atoms with van der Waals surface area (Å²) >= 11 is 3.43. The summed E-state index contributed by atoms with van der Waals surface area (Å²) in [6.45, 7) is 2.50. The predicted octanol–water partition coefficient (Wildman–Crippen LogP) is 5.90. The van der Waals surface area contributed by atoms with Crippen molar-refractivity contribution in [3.63, 3.8) is 0 Å². The van der Waals surface area contributed by atoms with Crippen LogP contribution in [0.2, 0.25) is 0 Å². The Hall–Kier alpha value is -4.11. The number of halogens is 1. The molecule has 0 unspecified atom stereocenters. The lowest BCUT2D eigenvalue weighted by Gasteiger charge is -2.08. The first kappa shape index (κ1) is 23.6. The summed E-state index contributed by atoms with van der Waals surface area (Å²) in [7, 11) is 0. The van der Waals surface area contributed by atoms with Gasteiger partial charge < -0.3 is 4.57 Å². The van der Waals surface area contributed by atoms with Crippen LogP contribution >= 0.6 is 15.9 Å². The summed E-state index contributed by atoms with van der Waals surface area (Å²) < 4.78 is 4.21. The molecule has 0 fully saturated rings. The van der Waals surface area contributed by atoms with Crippen molar-refractivity contribution in [1.82, 2.24) is 14.2 Å². The molecule has 0 amide bonds. The van der Waals surface area contributed by atoms with Gasteiger partial charge in [-0.2, -0.15) is 9.78 Å². The molecule has 0 saturated carbocycles. The van der Waals surface area contributed by atoms with Gasteiger partial charge in [-0.3, -0.25) is 14.9 Å². The lowest BCUT2D eigenvalue weighted by atomic mass is 10.2. The highest BCUT2D eigenvalue weighted by molar-refractivity contribution is 9.10. The number of aromatic nitrogens is 3. The fraction of sp³-hybridized carbons (Fsp3) is 0.148. The molecule has 36 heavy (non-hydrogen) atoms. The number of aryl methyl sites for hydroxylation is 1. The van der Waals surface area contributed by atoms with Crippen molar-refractivity contribution < 1.29 is 4.92 Å². The van der Waals surface area contributed by atoms with Gasteiger partial charge in [-0.05, 0) is 36.2 Å². The number of fused-ring (bicyclic) bond motifs is 2. The third-order valence-electron chi connectivity index (χ3n) is 5.95. The average Bonchev–Trinajstić information content (AvgIpc) is 3.22. The van der Waals surface area contributed by atoms with Crippen LogP contribution in [0, 0.1) is 10.1 Å². The highest BCUT2D eigenvalue weighted by atomic mass is 79.9. The van der Waals surface area contributed by atoms with Gasteiger partial charge in [0.25, 0.3) is 11.2 Å². The van der Waals surface area contributed by atoms with Crippen LogP contribution in [0.25, 0.3) is 21.8 Å². The van der Waals surface area contributed by atoms with Crippen molar-refractivity contribution in [3.05, 3.63) is 115 Å². The summed E-state index contributed by atoms with van der Waals surface area (Å²) in [5.41, 5.74) is 3.10. The minimum atomic E-state index is -0.392. The maximum atomic E-state index is 13.3. The van der Waals surface area contributed by atoms with Gasteiger partial charge >= 0.3 is 0 Å². The van der Waals surface area contributed by atoms with Gasteiger partial charge in [-0.1, -0.05) is 53.2 Å². The van der Waals surface area contributed by atoms with Gasteiger partial charge in [0.05, 0.1) is 22.0 Å². The molecular formula is C27H22BrN5O3. The molecule has 9 heteroatoms. The van der Waals surface area contributed by atoms with E-state index in [0.717, 1.165) is 32.9 Å². The van der Waals surface area contributed by atoms with E-state index in [1.54, 1.807) is 24.4 Å². The van der Waals surface area contributed by atoms with Crippen LogP contribution in [-0.2, 0) is 13.0 Å². The second-order valence-electron chi connectivity index (χ2n) is 8.46. The zero-order valence-corrected chi connectivity index (χ0v) is 21.1. The molecule has 0 radical (unpaired) electrons. The monoisotopic (exact) mass is 543 g/mol. The van der Waals surface area contributed by atoms with Crippen LogP contribution in [0.5, 0.6) is 0 Å². The molecule has 0 aliphatic carbocycles. The molecule has 0 atom stereocenters. The minimum Gasteiger partial charge on any atom is -0.342 e. The van der Waals surface area contributed by atoms with Crippen LogP contribution < -0.4 is 5.56 Å². The van der Waals surface area contributed by atoms with Crippen LogP contribution in [0.3, 0.4) is 0 Å². The second kappa shape index (κ2) is 9.87. The molecule has 8 nitrogen and oxygen atoms in total. The SMILES string of the molecule is CCCc1nc2ccc(Br)cc2c(=O)n1N=Cc1cn(Cc2cccc([N+](=O)[O-])c2)c2ccccc12. The van der Waals surface area contributed by atoms with Crippen molar-refractivity contribution in [3.8, 4) is 0 Å². The zero-order valence-electron chi connectivity index (χ0n) is 19.5. The molecule has 0 bridgehead atoms. The first-order valence-corrected chi connectivity index (χ1v) is 12.3. The van der Waals surface area contributed by atoms with E-state index in [0.29, 0.717) is 29.7 Å². The standard InChI is InChI=1S/C27H22BrN5O3/c1-2-6-26-30-24-12-11-20(28)14-23(24)27(34)32(26)29-15-19-17-31(25-10-4-3-9-22(19)25)16-18-7-5-8-21(13-18)33(35)36/h3-5,7-15,17H,2,6,16H2,1H3. The van der Waals surface area contributed by atoms with Gasteiger partial charge in [0.2, 0.25) is 0 Å². The average molecular weight is 544 g/mol. The summed E-state index contributed by atoms with van der Waals surface area (Å²) in [5, 5.41) is 17.2. The fourth-order valence-corrected chi connectivity index (χ4v) is 4.65. The van der Waals surface area contributed by atoms with E-state index in [9.17, 15) is 14.9 Å². The van der Waals surface area contributed by atoms with Crippen LogP contribution in [-0.4, -0.2) is 25.4 Å². The van der Waals surface area contributed by atoms with Gasteiger partial charge in [0, 0.05) is 52.2 Å². The topological polar surface area (TPSA) is 95.3 Å². The maximum absolute atomic E-state index is 13.3. The number of nitro groups is 1. The van der Waals surface area contributed by atoms with Crippen molar-refractivity contribution >= 4 is 49.6 Å². The highest BCUT2D eigenvalue weighted by Gasteiger charge is 2.13. The normalized spacial score (nSPS) is 11.6. The van der Waals surface area contributed by atoms with E-state index in [4.69, 9.17) is 4.98 Å². The number of non-ortho nitro benzene ring substituents is 1. The molecule has 0 N–H and O–H groups in total. The van der Waals surface area contributed by atoms with E-state index in [1.807, 2.05) is 60.2 Å². The number of hydrogen-bond acceptors (Lipinski definition) is 5. The molecule has 3 aromatic carbocycles. The smallest absolute Gasteiger partial charge is 0.282 e. The van der Waals surface area contributed by atoms with E-state index in [2.05, 4.69) is 21.0 Å². The van der Waals surface area contributed by atoms with Crippen LogP contribution in [0.1, 0.15) is 30.3 Å². The lowest BCUT2D eigenvalue weighted by molar-refractivity contribution is -0.384. The molecule has 2 heterocycles. The van der Waals surface area contributed by atoms with Crippen molar-refractivity contribution in [1.29, 1.82) is 0 Å². The molecule has 2 aromatic heterocycles. The quantitative estimate of drug-likeness (QED) is 0.145. The van der Waals surface area contributed by atoms with Crippen LogP contribution in [0.4, 0.5) is 5.69 Å². The Bertz CT molecular complexity index is 1700. The van der Waals surface area contributed by atoms with Crippen molar-refractivity contribution in [2.45, 2.75) is 26.3 Å². The first-order valence-electron chi connectivity index (χ1n) is 11.5. The van der Waals surface area contributed by atoms with Gasteiger partial charge in [0.15, 0.2) is 0 Å². The van der Waals surface area contributed by atoms with Crippen molar-refractivity contribution in [2.24, 2.45) is 5.10 Å². The molecule has 0 aliphatic heterocycles. The summed E-state index contributed by atoms with van der Waals surface area (Å²) in [5.74, 6) is 0.605. The Balaban J connectivity index is 1.58. The Morgan fingerprint density at radius 2 is 1.92 bits per heavy atom. The lowest BCUT2D eigenvalue weighted by Crippen LogP contribution is -2.22. The third-order valence-corrected chi connectivity index (χ3v) is 6.45. The Labute approximate surface area is 214 Å². The van der Waals surface area contributed by atoms with E-state index in [1.165, 1.54) is 10.7 Å².